The third kappa shape index (κ3) is 5.40. The van der Waals surface area contributed by atoms with Crippen LogP contribution in [0.1, 0.15) is 31.9 Å². The number of benzene rings is 2. The molecular weight excluding hydrogens is 456 g/mol. The number of hydrogen-bond acceptors (Lipinski definition) is 5. The molecule has 2 heterocycles. The lowest BCUT2D eigenvalue weighted by molar-refractivity contribution is -0.147. The topological polar surface area (TPSA) is 62.7 Å². The standard InChI is InChI=1S/C26H29ClN2O3S/c1-4-20-17(10-11-29-14-19(15-29)26(30)31)6-5-7-21(20)24-13-28-25(33-24)18-8-9-23(22(27)12-18)32-16(2)3/h5-9,12-13,16,19H,4,10-11,14-15H2,1-3H3,(H,30,31). The lowest BCUT2D eigenvalue weighted by atomic mass is 9.94. The van der Waals surface area contributed by atoms with Crippen LogP contribution in [0, 0.1) is 5.92 Å². The Labute approximate surface area is 204 Å². The molecule has 0 atom stereocenters. The molecule has 0 saturated carbocycles. The molecule has 1 N–H and O–H groups in total. The number of carboxylic acids is 1. The molecule has 33 heavy (non-hydrogen) atoms. The van der Waals surface area contributed by atoms with E-state index in [1.165, 1.54) is 16.7 Å². The van der Waals surface area contributed by atoms with Gasteiger partial charge in [-0.25, -0.2) is 4.98 Å². The number of aliphatic carboxylic acids is 1. The first-order valence-electron chi connectivity index (χ1n) is 11.3. The molecular formula is C26H29ClN2O3S. The van der Waals surface area contributed by atoms with Crippen molar-refractivity contribution in [2.75, 3.05) is 19.6 Å². The van der Waals surface area contributed by atoms with Crippen LogP contribution in [0.3, 0.4) is 0 Å². The van der Waals surface area contributed by atoms with E-state index in [-0.39, 0.29) is 12.0 Å². The number of rotatable bonds is 9. The normalized spacial score (nSPS) is 14.5. The summed E-state index contributed by atoms with van der Waals surface area (Å²) in [5, 5.41) is 10.6. The Morgan fingerprint density at radius 2 is 2.09 bits per heavy atom. The number of carboxylic acid groups (broad SMARTS) is 1. The molecule has 0 spiro atoms. The Bertz CT molecular complexity index is 1140. The van der Waals surface area contributed by atoms with E-state index in [4.69, 9.17) is 21.4 Å². The van der Waals surface area contributed by atoms with Gasteiger partial charge in [-0.3, -0.25) is 4.79 Å². The number of carbonyl (C=O) groups is 1. The molecule has 3 aromatic rings. The van der Waals surface area contributed by atoms with E-state index in [1.54, 1.807) is 11.3 Å². The number of ether oxygens (including phenoxy) is 1. The maximum atomic E-state index is 11.0. The largest absolute Gasteiger partial charge is 0.489 e. The van der Waals surface area contributed by atoms with Crippen LogP contribution in [-0.4, -0.2) is 46.7 Å². The van der Waals surface area contributed by atoms with Crippen molar-refractivity contribution in [2.24, 2.45) is 5.92 Å². The zero-order chi connectivity index (χ0) is 23.5. The monoisotopic (exact) mass is 484 g/mol. The van der Waals surface area contributed by atoms with Gasteiger partial charge in [-0.05, 0) is 61.6 Å². The number of nitrogens with zero attached hydrogens (tertiary/aromatic N) is 2. The van der Waals surface area contributed by atoms with Crippen LogP contribution in [0.15, 0.2) is 42.6 Å². The van der Waals surface area contributed by atoms with Crippen molar-refractivity contribution in [1.29, 1.82) is 0 Å². The van der Waals surface area contributed by atoms with Gasteiger partial charge in [0.25, 0.3) is 0 Å². The highest BCUT2D eigenvalue weighted by Gasteiger charge is 2.31. The molecule has 1 aliphatic rings. The summed E-state index contributed by atoms with van der Waals surface area (Å²) in [6, 6.07) is 12.3. The predicted octanol–water partition coefficient (Wildman–Crippen LogP) is 6.04. The number of thiazole rings is 1. The van der Waals surface area contributed by atoms with E-state index in [9.17, 15) is 4.79 Å². The molecule has 2 aromatic carbocycles. The summed E-state index contributed by atoms with van der Waals surface area (Å²) in [7, 11) is 0. The average molecular weight is 485 g/mol. The van der Waals surface area contributed by atoms with E-state index >= 15 is 0 Å². The van der Waals surface area contributed by atoms with E-state index in [0.717, 1.165) is 34.8 Å². The van der Waals surface area contributed by atoms with Gasteiger partial charge in [0, 0.05) is 31.4 Å². The first-order valence-corrected chi connectivity index (χ1v) is 12.5. The highest BCUT2D eigenvalue weighted by Crippen LogP contribution is 2.37. The summed E-state index contributed by atoms with van der Waals surface area (Å²) >= 11 is 8.10. The third-order valence-corrected chi connectivity index (χ3v) is 7.32. The molecule has 174 valence electrons. The Morgan fingerprint density at radius 1 is 1.30 bits per heavy atom. The van der Waals surface area contributed by atoms with Crippen molar-refractivity contribution in [3.05, 3.63) is 58.7 Å². The van der Waals surface area contributed by atoms with Crippen molar-refractivity contribution < 1.29 is 14.6 Å². The predicted molar refractivity (Wildman–Crippen MR) is 134 cm³/mol. The second-order valence-corrected chi connectivity index (χ2v) is 10.1. The molecule has 0 radical (unpaired) electrons. The van der Waals surface area contributed by atoms with Gasteiger partial charge in [0.05, 0.1) is 21.9 Å². The summed E-state index contributed by atoms with van der Waals surface area (Å²) in [5.74, 6) is -0.214. The Morgan fingerprint density at radius 3 is 2.76 bits per heavy atom. The molecule has 1 fully saturated rings. The maximum Gasteiger partial charge on any atom is 0.309 e. The van der Waals surface area contributed by atoms with Gasteiger partial charge < -0.3 is 14.7 Å². The zero-order valence-corrected chi connectivity index (χ0v) is 20.7. The summed E-state index contributed by atoms with van der Waals surface area (Å²) in [5.41, 5.74) is 4.85. The summed E-state index contributed by atoms with van der Waals surface area (Å²) in [4.78, 5) is 19.1. The van der Waals surface area contributed by atoms with Crippen molar-refractivity contribution >= 4 is 28.9 Å². The van der Waals surface area contributed by atoms with Crippen LogP contribution < -0.4 is 4.74 Å². The fourth-order valence-electron chi connectivity index (χ4n) is 4.22. The van der Waals surface area contributed by atoms with Crippen molar-refractivity contribution in [3.8, 4) is 26.8 Å². The molecule has 0 bridgehead atoms. The Balaban J connectivity index is 1.51. The minimum absolute atomic E-state index is 0.0687. The average Bonchev–Trinajstić information content (AvgIpc) is 3.23. The van der Waals surface area contributed by atoms with Crippen LogP contribution in [0.2, 0.25) is 5.02 Å². The minimum Gasteiger partial charge on any atom is -0.489 e. The number of aromatic nitrogens is 1. The molecule has 1 saturated heterocycles. The molecule has 5 nitrogen and oxygen atoms in total. The third-order valence-electron chi connectivity index (χ3n) is 5.94. The van der Waals surface area contributed by atoms with Crippen molar-refractivity contribution in [2.45, 2.75) is 39.7 Å². The van der Waals surface area contributed by atoms with E-state index in [2.05, 4.69) is 35.0 Å². The van der Waals surface area contributed by atoms with Gasteiger partial charge in [-0.1, -0.05) is 36.7 Å². The van der Waals surface area contributed by atoms with Crippen LogP contribution >= 0.6 is 22.9 Å². The second-order valence-electron chi connectivity index (χ2n) is 8.68. The van der Waals surface area contributed by atoms with Crippen LogP contribution in [0.5, 0.6) is 5.75 Å². The Kier molecular flexibility index (Phi) is 7.37. The van der Waals surface area contributed by atoms with Gasteiger partial charge in [-0.2, -0.15) is 0 Å². The van der Waals surface area contributed by atoms with Gasteiger partial charge in [0.2, 0.25) is 0 Å². The highest BCUT2D eigenvalue weighted by atomic mass is 35.5. The summed E-state index contributed by atoms with van der Waals surface area (Å²) in [6.07, 6.45) is 3.86. The number of hydrogen-bond donors (Lipinski definition) is 1. The summed E-state index contributed by atoms with van der Waals surface area (Å²) in [6.45, 7) is 8.33. The molecule has 7 heteroatoms. The fraction of sp³-hybridized carbons (Fsp3) is 0.385. The van der Waals surface area contributed by atoms with Crippen molar-refractivity contribution in [1.82, 2.24) is 9.88 Å². The van der Waals surface area contributed by atoms with Gasteiger partial charge >= 0.3 is 5.97 Å². The first kappa shape index (κ1) is 23.7. The number of likely N-dealkylation sites (tertiary alicyclic amines) is 1. The minimum atomic E-state index is -0.688. The lowest BCUT2D eigenvalue weighted by Gasteiger charge is -2.36. The van der Waals surface area contributed by atoms with E-state index in [0.29, 0.717) is 23.9 Å². The van der Waals surface area contributed by atoms with Gasteiger partial charge in [0.15, 0.2) is 0 Å². The molecule has 0 unspecified atom stereocenters. The molecule has 4 rings (SSSR count). The van der Waals surface area contributed by atoms with Crippen molar-refractivity contribution in [3.63, 3.8) is 0 Å². The number of halogens is 1. The van der Waals surface area contributed by atoms with Crippen LogP contribution in [0.4, 0.5) is 0 Å². The lowest BCUT2D eigenvalue weighted by Crippen LogP contribution is -2.50. The van der Waals surface area contributed by atoms with E-state index in [1.807, 2.05) is 38.2 Å². The molecule has 1 aliphatic heterocycles. The summed E-state index contributed by atoms with van der Waals surface area (Å²) < 4.78 is 5.74. The van der Waals surface area contributed by atoms with Crippen LogP contribution in [-0.2, 0) is 17.6 Å². The smallest absolute Gasteiger partial charge is 0.309 e. The quantitative estimate of drug-likeness (QED) is 0.401. The second kappa shape index (κ2) is 10.2. The molecule has 0 amide bonds. The maximum absolute atomic E-state index is 11.0. The molecule has 0 aliphatic carbocycles. The Hall–Kier alpha value is -2.41. The van der Waals surface area contributed by atoms with Crippen LogP contribution in [0.25, 0.3) is 21.0 Å². The SMILES string of the molecule is CCc1c(CCN2CC(C(=O)O)C2)cccc1-c1cnc(-c2ccc(OC(C)C)c(Cl)c2)s1. The molecule has 1 aromatic heterocycles. The fourth-order valence-corrected chi connectivity index (χ4v) is 5.41. The first-order chi connectivity index (χ1) is 15.9. The van der Waals surface area contributed by atoms with Gasteiger partial charge in [0.1, 0.15) is 10.8 Å². The highest BCUT2D eigenvalue weighted by molar-refractivity contribution is 7.18. The zero-order valence-electron chi connectivity index (χ0n) is 19.2. The van der Waals surface area contributed by atoms with E-state index < -0.39 is 5.97 Å². The van der Waals surface area contributed by atoms with Gasteiger partial charge in [-0.15, -0.1) is 11.3 Å².